The highest BCUT2D eigenvalue weighted by atomic mass is 16.5. The van der Waals surface area contributed by atoms with E-state index < -0.39 is 0 Å². The molecule has 6 heteroatoms. The van der Waals surface area contributed by atoms with Crippen LogP contribution in [0, 0.1) is 5.92 Å². The first-order chi connectivity index (χ1) is 15.0. The minimum Gasteiger partial charge on any atom is -0.467 e. The average Bonchev–Trinajstić information content (AvgIpc) is 3.46. The van der Waals surface area contributed by atoms with E-state index in [1.807, 2.05) is 36.4 Å². The summed E-state index contributed by atoms with van der Waals surface area (Å²) in [6, 6.07) is 11.3. The molecule has 0 N–H and O–H groups in total. The third-order valence-corrected chi connectivity index (χ3v) is 5.54. The molecule has 2 heterocycles. The van der Waals surface area contributed by atoms with Gasteiger partial charge in [-0.3, -0.25) is 9.59 Å². The van der Waals surface area contributed by atoms with Gasteiger partial charge in [-0.25, -0.2) is 0 Å². The van der Waals surface area contributed by atoms with Crippen molar-refractivity contribution in [3.63, 3.8) is 0 Å². The number of nitrogens with zero attached hydrogens (tertiary/aromatic N) is 2. The van der Waals surface area contributed by atoms with Gasteiger partial charge in [-0.15, -0.1) is 0 Å². The van der Waals surface area contributed by atoms with Crippen molar-refractivity contribution in [2.24, 2.45) is 5.92 Å². The number of rotatable bonds is 10. The minimum absolute atomic E-state index is 0.0368. The molecule has 1 aliphatic rings. The van der Waals surface area contributed by atoms with Gasteiger partial charge >= 0.3 is 0 Å². The third-order valence-electron chi connectivity index (χ3n) is 5.54. The molecule has 1 fully saturated rings. The average molecular weight is 427 g/mol. The molecule has 31 heavy (non-hydrogen) atoms. The van der Waals surface area contributed by atoms with Gasteiger partial charge < -0.3 is 19.0 Å². The normalized spacial score (nSPS) is 15.9. The summed E-state index contributed by atoms with van der Waals surface area (Å²) in [5.74, 6) is 0.775. The van der Waals surface area contributed by atoms with E-state index in [-0.39, 0.29) is 30.4 Å². The van der Waals surface area contributed by atoms with E-state index in [1.54, 1.807) is 16.1 Å². The zero-order valence-electron chi connectivity index (χ0n) is 18.9. The first-order valence-corrected chi connectivity index (χ1v) is 11.3. The Balaban J connectivity index is 1.74. The third kappa shape index (κ3) is 6.69. The first-order valence-electron chi connectivity index (χ1n) is 11.3. The molecule has 6 nitrogen and oxygen atoms in total. The van der Waals surface area contributed by atoms with Crippen LogP contribution in [0.15, 0.2) is 47.1 Å². The molecule has 0 aliphatic carbocycles. The number of carbonyl (C=O) groups excluding carboxylic acids is 2. The zero-order valence-corrected chi connectivity index (χ0v) is 18.9. The number of furan rings is 1. The van der Waals surface area contributed by atoms with E-state index in [1.165, 1.54) is 5.56 Å². The molecule has 1 aliphatic heterocycles. The Kier molecular flexibility index (Phi) is 8.29. The number of hydrogen-bond acceptors (Lipinski definition) is 4. The second kappa shape index (κ2) is 11.1. The molecule has 0 saturated carbocycles. The number of hydrogen-bond donors (Lipinski definition) is 0. The molecule has 1 atom stereocenters. The van der Waals surface area contributed by atoms with Crippen molar-refractivity contribution in [3.05, 3.63) is 59.5 Å². The Hall–Kier alpha value is -2.60. The highest BCUT2D eigenvalue weighted by Crippen LogP contribution is 2.17. The van der Waals surface area contributed by atoms with Gasteiger partial charge in [-0.2, -0.15) is 0 Å². The van der Waals surface area contributed by atoms with Gasteiger partial charge in [0.15, 0.2) is 0 Å². The van der Waals surface area contributed by atoms with Crippen molar-refractivity contribution in [1.82, 2.24) is 9.80 Å². The summed E-state index contributed by atoms with van der Waals surface area (Å²) < 4.78 is 11.2. The molecule has 3 rings (SSSR count). The van der Waals surface area contributed by atoms with Crippen molar-refractivity contribution >= 4 is 11.8 Å². The van der Waals surface area contributed by atoms with E-state index in [9.17, 15) is 9.59 Å². The molecule has 168 valence electrons. The maximum Gasteiger partial charge on any atom is 0.254 e. The van der Waals surface area contributed by atoms with Crippen LogP contribution < -0.4 is 0 Å². The number of ether oxygens (including phenoxy) is 1. The maximum absolute atomic E-state index is 13.3. The first kappa shape index (κ1) is 23.1. The van der Waals surface area contributed by atoms with Crippen LogP contribution in [-0.2, 0) is 22.5 Å². The van der Waals surface area contributed by atoms with Crippen molar-refractivity contribution in [2.45, 2.75) is 52.7 Å². The van der Waals surface area contributed by atoms with Crippen LogP contribution >= 0.6 is 0 Å². The van der Waals surface area contributed by atoms with Gasteiger partial charge in [-0.1, -0.05) is 32.9 Å². The van der Waals surface area contributed by atoms with E-state index >= 15 is 0 Å². The summed E-state index contributed by atoms with van der Waals surface area (Å²) in [7, 11) is 0. The molecule has 0 bridgehead atoms. The molecule has 2 aromatic rings. The number of aryl methyl sites for hydroxylation is 1. The zero-order chi connectivity index (χ0) is 22.2. The number of carbonyl (C=O) groups is 2. The van der Waals surface area contributed by atoms with Crippen LogP contribution in [0.3, 0.4) is 0 Å². The predicted octanol–water partition coefficient (Wildman–Crippen LogP) is 4.15. The molecular weight excluding hydrogens is 392 g/mol. The van der Waals surface area contributed by atoms with Crippen molar-refractivity contribution in [1.29, 1.82) is 0 Å². The van der Waals surface area contributed by atoms with E-state index in [0.29, 0.717) is 25.2 Å². The fraction of sp³-hybridized carbons (Fsp3) is 0.520. The molecule has 2 amide bonds. The van der Waals surface area contributed by atoms with Crippen LogP contribution in [-0.4, -0.2) is 54.0 Å². The summed E-state index contributed by atoms with van der Waals surface area (Å²) in [6.45, 7) is 8.38. The molecule has 1 aromatic carbocycles. The SMILES string of the molecule is CCc1ccc(C(=O)N(CC(=O)N(Cc2ccco2)C[C@H]2CCCO2)CC(C)C)cc1. The topological polar surface area (TPSA) is 63.0 Å². The summed E-state index contributed by atoms with van der Waals surface area (Å²) >= 11 is 0. The van der Waals surface area contributed by atoms with E-state index in [2.05, 4.69) is 20.8 Å². The van der Waals surface area contributed by atoms with E-state index in [4.69, 9.17) is 9.15 Å². The number of amides is 2. The van der Waals surface area contributed by atoms with E-state index in [0.717, 1.165) is 31.6 Å². The lowest BCUT2D eigenvalue weighted by atomic mass is 10.1. The Morgan fingerprint density at radius 3 is 2.48 bits per heavy atom. The van der Waals surface area contributed by atoms with Crippen molar-refractivity contribution in [2.75, 3.05) is 26.2 Å². The molecule has 1 aromatic heterocycles. The summed E-state index contributed by atoms with van der Waals surface area (Å²) in [4.78, 5) is 30.0. The molecule has 0 unspecified atom stereocenters. The standard InChI is InChI=1S/C25H34N2O4/c1-4-20-9-11-21(12-10-20)25(29)27(15-19(2)3)18-24(28)26(16-22-7-5-13-30-22)17-23-8-6-14-31-23/h5,7,9-13,19,23H,4,6,8,14-18H2,1-3H3/t23-/m1/s1. The van der Waals surface area contributed by atoms with Crippen LogP contribution in [0.2, 0.25) is 0 Å². The largest absolute Gasteiger partial charge is 0.467 e. The van der Waals surface area contributed by atoms with Gasteiger partial charge in [0.2, 0.25) is 5.91 Å². The number of benzene rings is 1. The molecular formula is C25H34N2O4. The van der Waals surface area contributed by atoms with Gasteiger partial charge in [0.25, 0.3) is 5.91 Å². The fourth-order valence-electron chi connectivity index (χ4n) is 3.87. The fourth-order valence-corrected chi connectivity index (χ4v) is 3.87. The summed E-state index contributed by atoms with van der Waals surface area (Å²) in [5, 5.41) is 0. The Morgan fingerprint density at radius 2 is 1.90 bits per heavy atom. The van der Waals surface area contributed by atoms with Gasteiger partial charge in [0.1, 0.15) is 12.3 Å². The minimum atomic E-state index is -0.111. The van der Waals surface area contributed by atoms with Crippen molar-refractivity contribution < 1.29 is 18.7 Å². The lowest BCUT2D eigenvalue weighted by Gasteiger charge is -2.29. The van der Waals surface area contributed by atoms with Crippen LogP contribution in [0.1, 0.15) is 55.3 Å². The summed E-state index contributed by atoms with van der Waals surface area (Å²) in [5.41, 5.74) is 1.80. The monoisotopic (exact) mass is 426 g/mol. The quantitative estimate of drug-likeness (QED) is 0.573. The van der Waals surface area contributed by atoms with Crippen molar-refractivity contribution in [3.8, 4) is 0 Å². The van der Waals surface area contributed by atoms with Crippen LogP contribution in [0.4, 0.5) is 0 Å². The second-order valence-electron chi connectivity index (χ2n) is 8.62. The summed E-state index contributed by atoms with van der Waals surface area (Å²) in [6.07, 6.45) is 4.53. The Labute approximate surface area is 185 Å². The highest BCUT2D eigenvalue weighted by Gasteiger charge is 2.27. The van der Waals surface area contributed by atoms with Gasteiger partial charge in [-0.05, 0) is 55.0 Å². The highest BCUT2D eigenvalue weighted by molar-refractivity contribution is 5.96. The smallest absolute Gasteiger partial charge is 0.254 e. The molecule has 0 radical (unpaired) electrons. The second-order valence-corrected chi connectivity index (χ2v) is 8.62. The van der Waals surface area contributed by atoms with Gasteiger partial charge in [0, 0.05) is 25.3 Å². The Bertz CT molecular complexity index is 824. The predicted molar refractivity (Wildman–Crippen MR) is 120 cm³/mol. The van der Waals surface area contributed by atoms with Gasteiger partial charge in [0.05, 0.1) is 18.9 Å². The van der Waals surface area contributed by atoms with Crippen LogP contribution in [0.5, 0.6) is 0 Å². The maximum atomic E-state index is 13.3. The lowest BCUT2D eigenvalue weighted by molar-refractivity contribution is -0.134. The van der Waals surface area contributed by atoms with Crippen LogP contribution in [0.25, 0.3) is 0 Å². The molecule has 0 spiro atoms. The Morgan fingerprint density at radius 1 is 1.13 bits per heavy atom. The lowest BCUT2D eigenvalue weighted by Crippen LogP contribution is -2.46. The molecule has 1 saturated heterocycles.